The van der Waals surface area contributed by atoms with Crippen LogP contribution in [0.5, 0.6) is 28.7 Å². The van der Waals surface area contributed by atoms with Crippen molar-refractivity contribution in [2.45, 2.75) is 43.2 Å². The Labute approximate surface area is 181 Å². The van der Waals surface area contributed by atoms with E-state index in [2.05, 4.69) is 0 Å². The van der Waals surface area contributed by atoms with E-state index in [-0.39, 0.29) is 35.0 Å². The number of hydrogen-bond acceptors (Lipinski definition) is 11. The molecule has 32 heavy (non-hydrogen) atoms. The van der Waals surface area contributed by atoms with E-state index in [1.165, 1.54) is 30.3 Å². The van der Waals surface area contributed by atoms with Crippen LogP contribution in [-0.4, -0.2) is 78.8 Å². The van der Waals surface area contributed by atoms with Gasteiger partial charge in [-0.1, -0.05) is 6.07 Å². The lowest BCUT2D eigenvalue weighted by Crippen LogP contribution is -2.60. The average Bonchev–Trinajstić information content (AvgIpc) is 2.77. The van der Waals surface area contributed by atoms with Gasteiger partial charge in [0.05, 0.1) is 18.6 Å². The molecule has 0 amide bonds. The number of phenols is 3. The van der Waals surface area contributed by atoms with Crippen molar-refractivity contribution < 1.29 is 54.8 Å². The van der Waals surface area contributed by atoms with Gasteiger partial charge in [-0.3, -0.25) is 4.79 Å². The molecule has 7 N–H and O–H groups in total. The number of aromatic hydroxyl groups is 3. The molecular weight excluding hydrogens is 428 g/mol. The minimum Gasteiger partial charge on any atom is -0.504 e. The summed E-state index contributed by atoms with van der Waals surface area (Å²) >= 11 is 0. The first-order chi connectivity index (χ1) is 15.2. The number of hydrogen-bond donors (Lipinski definition) is 7. The Balaban J connectivity index is 1.61. The quantitative estimate of drug-likeness (QED) is 0.303. The Morgan fingerprint density at radius 2 is 1.72 bits per heavy atom. The van der Waals surface area contributed by atoms with E-state index < -0.39 is 54.9 Å². The topological polar surface area (TPSA) is 186 Å². The number of ether oxygens (including phenoxy) is 3. The normalized spacial score (nSPS) is 29.8. The lowest BCUT2D eigenvalue weighted by molar-refractivity contribution is -0.277. The molecule has 11 heteroatoms. The lowest BCUT2D eigenvalue weighted by atomic mass is 9.95. The summed E-state index contributed by atoms with van der Waals surface area (Å²) in [5.74, 6) is -2.09. The molecule has 2 aromatic rings. The molecule has 0 bridgehead atoms. The highest BCUT2D eigenvalue weighted by molar-refractivity contribution is 6.01. The summed E-state index contributed by atoms with van der Waals surface area (Å²) in [6.07, 6.45) is -8.64. The fourth-order valence-corrected chi connectivity index (χ4v) is 3.67. The summed E-state index contributed by atoms with van der Waals surface area (Å²) in [7, 11) is 0. The van der Waals surface area contributed by atoms with Crippen molar-refractivity contribution >= 4 is 5.78 Å². The first kappa shape index (κ1) is 22.1. The van der Waals surface area contributed by atoms with Crippen molar-refractivity contribution in [1.29, 1.82) is 0 Å². The number of rotatable bonds is 4. The van der Waals surface area contributed by atoms with Crippen LogP contribution in [0.1, 0.15) is 28.4 Å². The average molecular weight is 450 g/mol. The van der Waals surface area contributed by atoms with Crippen LogP contribution in [0.2, 0.25) is 0 Å². The first-order valence-electron chi connectivity index (χ1n) is 9.76. The second kappa shape index (κ2) is 8.45. The molecule has 2 aromatic carbocycles. The lowest BCUT2D eigenvalue weighted by Gasteiger charge is -2.39. The van der Waals surface area contributed by atoms with Crippen LogP contribution in [-0.2, 0) is 4.74 Å². The van der Waals surface area contributed by atoms with Gasteiger partial charge in [0.1, 0.15) is 30.5 Å². The van der Waals surface area contributed by atoms with Gasteiger partial charge in [-0.15, -0.1) is 0 Å². The van der Waals surface area contributed by atoms with Gasteiger partial charge >= 0.3 is 0 Å². The van der Waals surface area contributed by atoms with Crippen molar-refractivity contribution in [3.8, 4) is 28.7 Å². The molecule has 2 aliphatic rings. The molecule has 0 aromatic heterocycles. The van der Waals surface area contributed by atoms with Crippen LogP contribution in [0.3, 0.4) is 0 Å². The fourth-order valence-electron chi connectivity index (χ4n) is 3.67. The van der Waals surface area contributed by atoms with Crippen molar-refractivity contribution in [1.82, 2.24) is 0 Å². The van der Waals surface area contributed by atoms with Crippen LogP contribution in [0.4, 0.5) is 0 Å². The third kappa shape index (κ3) is 3.80. The summed E-state index contributed by atoms with van der Waals surface area (Å²) in [6.45, 7) is -0.653. The molecule has 0 aliphatic carbocycles. The molecule has 0 spiro atoms. The van der Waals surface area contributed by atoms with Gasteiger partial charge < -0.3 is 50.0 Å². The summed E-state index contributed by atoms with van der Waals surface area (Å²) in [5, 5.41) is 69.1. The Bertz CT molecular complexity index is 1020. The molecule has 1 saturated heterocycles. The standard InChI is InChI=1S/C21H22O11/c22-7-15-16(26)18(28)19(29)21(32-15)31-13-4-2-9-11(24)6-14(30-20(9)17(13)27)8-1-3-10(23)12(25)5-8/h1-5,14-16,18-19,21-23,25-29H,6-7H2/t14-,15-,16-,18-,19+,21-/m1/s1. The highest BCUT2D eigenvalue weighted by Gasteiger charge is 2.45. The van der Waals surface area contributed by atoms with E-state index in [4.69, 9.17) is 14.2 Å². The zero-order chi connectivity index (χ0) is 23.2. The highest BCUT2D eigenvalue weighted by atomic mass is 16.7. The minimum atomic E-state index is -1.70. The van der Waals surface area contributed by atoms with Gasteiger partial charge in [-0.25, -0.2) is 0 Å². The number of fused-ring (bicyclic) bond motifs is 1. The molecule has 172 valence electrons. The molecule has 1 fully saturated rings. The summed E-state index contributed by atoms with van der Waals surface area (Å²) in [5.41, 5.74) is 0.474. The maximum atomic E-state index is 12.6. The predicted molar refractivity (Wildman–Crippen MR) is 105 cm³/mol. The second-order valence-electron chi connectivity index (χ2n) is 7.59. The van der Waals surface area contributed by atoms with Gasteiger partial charge in [0.2, 0.25) is 12.0 Å². The number of ketones is 1. The van der Waals surface area contributed by atoms with Crippen LogP contribution in [0, 0.1) is 0 Å². The van der Waals surface area contributed by atoms with Crippen molar-refractivity contribution in [3.63, 3.8) is 0 Å². The monoisotopic (exact) mass is 450 g/mol. The van der Waals surface area contributed by atoms with Crippen LogP contribution in [0.15, 0.2) is 30.3 Å². The molecule has 2 aliphatic heterocycles. The number of aliphatic hydroxyl groups is 4. The van der Waals surface area contributed by atoms with Crippen LogP contribution >= 0.6 is 0 Å². The summed E-state index contributed by atoms with van der Waals surface area (Å²) < 4.78 is 16.5. The Hall–Kier alpha value is -3.09. The van der Waals surface area contributed by atoms with E-state index in [1.54, 1.807) is 0 Å². The molecular formula is C21H22O11. The molecule has 2 heterocycles. The van der Waals surface area contributed by atoms with Gasteiger partial charge in [0.25, 0.3) is 0 Å². The van der Waals surface area contributed by atoms with E-state index in [9.17, 15) is 40.5 Å². The first-order valence-corrected chi connectivity index (χ1v) is 9.76. The maximum Gasteiger partial charge on any atom is 0.229 e. The van der Waals surface area contributed by atoms with Crippen LogP contribution < -0.4 is 9.47 Å². The molecule has 6 atom stereocenters. The highest BCUT2D eigenvalue weighted by Crippen LogP contribution is 2.46. The van der Waals surface area contributed by atoms with E-state index in [1.807, 2.05) is 0 Å². The molecule has 0 radical (unpaired) electrons. The predicted octanol–water partition coefficient (Wildman–Crippen LogP) is -0.311. The van der Waals surface area contributed by atoms with E-state index in [0.717, 1.165) is 0 Å². The molecule has 11 nitrogen and oxygen atoms in total. The molecule has 0 saturated carbocycles. The maximum absolute atomic E-state index is 12.6. The van der Waals surface area contributed by atoms with Crippen molar-refractivity contribution in [2.24, 2.45) is 0 Å². The SMILES string of the molecule is O=C1C[C@H](c2ccc(O)c(O)c2)Oc2c1ccc(O[C@@H]1O[C@H](CO)[C@@H](O)[C@@H](O)[C@@H]1O)c2O. The minimum absolute atomic E-state index is 0.0798. The van der Waals surface area contributed by atoms with Gasteiger partial charge in [0, 0.05) is 0 Å². The Morgan fingerprint density at radius 3 is 2.41 bits per heavy atom. The largest absolute Gasteiger partial charge is 0.504 e. The van der Waals surface area contributed by atoms with E-state index in [0.29, 0.717) is 5.56 Å². The van der Waals surface area contributed by atoms with Crippen molar-refractivity contribution in [3.05, 3.63) is 41.5 Å². The Kier molecular flexibility index (Phi) is 5.84. The zero-order valence-corrected chi connectivity index (χ0v) is 16.5. The summed E-state index contributed by atoms with van der Waals surface area (Å²) in [4.78, 5) is 12.6. The third-order valence-corrected chi connectivity index (χ3v) is 5.49. The molecule has 4 rings (SSSR count). The fraction of sp³-hybridized carbons (Fsp3) is 0.381. The zero-order valence-electron chi connectivity index (χ0n) is 16.5. The smallest absolute Gasteiger partial charge is 0.229 e. The molecule has 0 unspecified atom stereocenters. The van der Waals surface area contributed by atoms with Crippen molar-refractivity contribution in [2.75, 3.05) is 6.61 Å². The van der Waals surface area contributed by atoms with Gasteiger partial charge in [0.15, 0.2) is 28.8 Å². The van der Waals surface area contributed by atoms with Gasteiger partial charge in [-0.2, -0.15) is 0 Å². The van der Waals surface area contributed by atoms with Crippen LogP contribution in [0.25, 0.3) is 0 Å². The number of aliphatic hydroxyl groups excluding tert-OH is 4. The second-order valence-corrected chi connectivity index (χ2v) is 7.59. The van der Waals surface area contributed by atoms with E-state index >= 15 is 0 Å². The number of phenolic OH excluding ortho intramolecular Hbond substituents is 3. The number of benzene rings is 2. The van der Waals surface area contributed by atoms with Gasteiger partial charge in [-0.05, 0) is 29.8 Å². The summed E-state index contributed by atoms with van der Waals surface area (Å²) in [6, 6.07) is 6.55. The third-order valence-electron chi connectivity index (χ3n) is 5.49. The number of carbonyl (C=O) groups excluding carboxylic acids is 1. The number of Topliss-reactive ketones (excluding diaryl/α,β-unsaturated/α-hetero) is 1. The number of carbonyl (C=O) groups is 1. The Morgan fingerprint density at radius 1 is 0.969 bits per heavy atom.